The molecule has 0 aromatic heterocycles. The van der Waals surface area contributed by atoms with Crippen molar-refractivity contribution in [2.45, 2.75) is 54.0 Å². The van der Waals surface area contributed by atoms with Gasteiger partial charge in [-0.1, -0.05) is 99.5 Å². The van der Waals surface area contributed by atoms with Gasteiger partial charge in [-0.15, -0.1) is 0 Å². The van der Waals surface area contributed by atoms with Crippen molar-refractivity contribution >= 4 is 11.7 Å². The number of carbonyl (C=O) groups excluding carboxylic acids is 1. The lowest BCUT2D eigenvalue weighted by molar-refractivity contribution is 0.248. The normalized spacial score (nSPS) is 14.8. The Morgan fingerprint density at radius 1 is 1.03 bits per heavy atom. The molecule has 1 aliphatic rings. The largest absolute Gasteiger partial charge is 0.326 e. The van der Waals surface area contributed by atoms with Gasteiger partial charge in [-0.2, -0.15) is 0 Å². The number of benzene rings is 2. The van der Waals surface area contributed by atoms with Crippen LogP contribution in [0.15, 0.2) is 89.7 Å². The van der Waals surface area contributed by atoms with E-state index in [-0.39, 0.29) is 6.03 Å². The van der Waals surface area contributed by atoms with Crippen LogP contribution in [-0.4, -0.2) is 6.03 Å². The number of rotatable bonds is 7. The molecule has 0 heterocycles. The van der Waals surface area contributed by atoms with Crippen LogP contribution in [-0.2, 0) is 6.54 Å². The number of hydrogen-bond donors (Lipinski definition) is 1. The van der Waals surface area contributed by atoms with E-state index >= 15 is 0 Å². The molecule has 0 aliphatic heterocycles. The first-order valence-electron chi connectivity index (χ1n) is 11.7. The minimum atomic E-state index is -0.0929. The molecule has 1 N–H and O–H groups in total. The number of nitrogens with one attached hydrogen (secondary N) is 1. The fourth-order valence-corrected chi connectivity index (χ4v) is 3.97. The van der Waals surface area contributed by atoms with Crippen molar-refractivity contribution in [2.75, 3.05) is 4.90 Å². The zero-order chi connectivity index (χ0) is 23.1. The maximum absolute atomic E-state index is 13.7. The summed E-state index contributed by atoms with van der Waals surface area (Å²) in [7, 11) is 0. The summed E-state index contributed by atoms with van der Waals surface area (Å²) in [5.74, 6) is 0.809. The van der Waals surface area contributed by atoms with E-state index < -0.39 is 0 Å². The van der Waals surface area contributed by atoms with Crippen LogP contribution in [0.3, 0.4) is 0 Å². The maximum atomic E-state index is 13.7. The lowest BCUT2D eigenvalue weighted by Gasteiger charge is -2.26. The Labute approximate surface area is 193 Å². The predicted molar refractivity (Wildman–Crippen MR) is 135 cm³/mol. The van der Waals surface area contributed by atoms with Gasteiger partial charge < -0.3 is 5.32 Å². The van der Waals surface area contributed by atoms with E-state index in [1.165, 1.54) is 16.7 Å². The first kappa shape index (κ1) is 23.6. The summed E-state index contributed by atoms with van der Waals surface area (Å²) in [6.45, 7) is 11.4. The van der Waals surface area contributed by atoms with Gasteiger partial charge in [0.05, 0.1) is 6.54 Å². The number of amides is 2. The molecule has 0 fully saturated rings. The van der Waals surface area contributed by atoms with Gasteiger partial charge in [0.25, 0.3) is 0 Å². The fraction of sp³-hybridized carbons (Fsp3) is 0.345. The zero-order valence-electron chi connectivity index (χ0n) is 20.1. The molecule has 3 rings (SSSR count). The third-order valence-corrected chi connectivity index (χ3v) is 6.21. The van der Waals surface area contributed by atoms with Crippen LogP contribution in [0.25, 0.3) is 0 Å². The van der Waals surface area contributed by atoms with E-state index in [1.807, 2.05) is 35.2 Å². The van der Waals surface area contributed by atoms with Crippen molar-refractivity contribution < 1.29 is 4.79 Å². The molecule has 1 unspecified atom stereocenters. The highest BCUT2D eigenvalue weighted by Crippen LogP contribution is 2.29. The molecule has 3 nitrogen and oxygen atoms in total. The lowest BCUT2D eigenvalue weighted by Crippen LogP contribution is -2.40. The molecule has 1 atom stereocenters. The molecule has 2 amide bonds. The van der Waals surface area contributed by atoms with Crippen LogP contribution in [0.2, 0.25) is 0 Å². The second kappa shape index (κ2) is 11.0. The van der Waals surface area contributed by atoms with E-state index in [1.54, 1.807) is 0 Å². The van der Waals surface area contributed by atoms with Crippen molar-refractivity contribution in [1.82, 2.24) is 5.32 Å². The molecular weight excluding hydrogens is 392 g/mol. The number of anilines is 1. The smallest absolute Gasteiger partial charge is 0.311 e. The average molecular weight is 429 g/mol. The van der Waals surface area contributed by atoms with Crippen LogP contribution < -0.4 is 10.2 Å². The van der Waals surface area contributed by atoms with Gasteiger partial charge in [0.1, 0.15) is 0 Å². The predicted octanol–water partition coefficient (Wildman–Crippen LogP) is 7.55. The Morgan fingerprint density at radius 2 is 1.72 bits per heavy atom. The van der Waals surface area contributed by atoms with Crippen LogP contribution in [0.4, 0.5) is 10.5 Å². The van der Waals surface area contributed by atoms with Gasteiger partial charge in [0.15, 0.2) is 0 Å². The van der Waals surface area contributed by atoms with E-state index in [4.69, 9.17) is 0 Å². The average Bonchev–Trinajstić information content (AvgIpc) is 3.01. The standard InChI is InChI=1S/C29H36N2O/c1-6-23(5)25-13-10-14-27(21(2)3)28(19-25)30-29(32)31(20-24-11-8-7-9-12-24)26-17-15-22(4)16-18-26/h7-18,21,23H,6,19-20H2,1-5H3,(H,30,32). The fourth-order valence-electron chi connectivity index (χ4n) is 3.97. The van der Waals surface area contributed by atoms with Gasteiger partial charge in [-0.05, 0) is 48.4 Å². The van der Waals surface area contributed by atoms with Gasteiger partial charge in [-0.3, -0.25) is 4.90 Å². The Hall–Kier alpha value is -3.07. The summed E-state index contributed by atoms with van der Waals surface area (Å²) in [5, 5.41) is 3.31. The molecule has 168 valence electrons. The summed E-state index contributed by atoms with van der Waals surface area (Å²) >= 11 is 0. The molecule has 3 heteroatoms. The molecule has 32 heavy (non-hydrogen) atoms. The summed E-state index contributed by atoms with van der Waals surface area (Å²) in [4.78, 5) is 15.5. The number of nitrogens with zero attached hydrogens (tertiary/aromatic N) is 1. The Kier molecular flexibility index (Phi) is 8.10. The Balaban J connectivity index is 1.93. The molecule has 0 radical (unpaired) electrons. The van der Waals surface area contributed by atoms with E-state index in [0.717, 1.165) is 29.8 Å². The second-order valence-electron chi connectivity index (χ2n) is 9.01. The molecule has 0 saturated carbocycles. The highest BCUT2D eigenvalue weighted by molar-refractivity contribution is 5.93. The van der Waals surface area contributed by atoms with E-state index in [2.05, 4.69) is 82.4 Å². The minimum Gasteiger partial charge on any atom is -0.311 e. The monoisotopic (exact) mass is 428 g/mol. The van der Waals surface area contributed by atoms with Crippen LogP contribution in [0.5, 0.6) is 0 Å². The van der Waals surface area contributed by atoms with Gasteiger partial charge in [0.2, 0.25) is 0 Å². The van der Waals surface area contributed by atoms with Crippen molar-refractivity contribution in [3.05, 3.63) is 101 Å². The van der Waals surface area contributed by atoms with Crippen molar-refractivity contribution in [3.63, 3.8) is 0 Å². The summed E-state index contributed by atoms with van der Waals surface area (Å²) in [6, 6.07) is 18.2. The van der Waals surface area contributed by atoms with Crippen molar-refractivity contribution in [3.8, 4) is 0 Å². The molecule has 2 aromatic rings. The first-order valence-corrected chi connectivity index (χ1v) is 11.7. The lowest BCUT2D eigenvalue weighted by atomic mass is 9.92. The summed E-state index contributed by atoms with van der Waals surface area (Å²) < 4.78 is 0. The van der Waals surface area contributed by atoms with Crippen molar-refractivity contribution in [2.24, 2.45) is 11.8 Å². The topological polar surface area (TPSA) is 32.3 Å². The van der Waals surface area contributed by atoms with E-state index in [9.17, 15) is 4.79 Å². The Morgan fingerprint density at radius 3 is 2.34 bits per heavy atom. The molecule has 1 aliphatic carbocycles. The van der Waals surface area contributed by atoms with Gasteiger partial charge in [0, 0.05) is 17.8 Å². The summed E-state index contributed by atoms with van der Waals surface area (Å²) in [5.41, 5.74) is 6.73. The molecule has 0 saturated heterocycles. The molecule has 0 spiro atoms. The third-order valence-electron chi connectivity index (χ3n) is 6.21. The summed E-state index contributed by atoms with van der Waals surface area (Å²) in [6.07, 6.45) is 8.37. The molecule has 2 aromatic carbocycles. The van der Waals surface area contributed by atoms with Crippen molar-refractivity contribution in [1.29, 1.82) is 0 Å². The Bertz CT molecular complexity index is 997. The number of carbonyl (C=O) groups is 1. The van der Waals surface area contributed by atoms with Crippen LogP contribution in [0, 0.1) is 18.8 Å². The maximum Gasteiger partial charge on any atom is 0.326 e. The van der Waals surface area contributed by atoms with Crippen LogP contribution >= 0.6 is 0 Å². The number of urea groups is 1. The highest BCUT2D eigenvalue weighted by Gasteiger charge is 2.22. The van der Waals surface area contributed by atoms with E-state index in [0.29, 0.717) is 18.4 Å². The zero-order valence-corrected chi connectivity index (χ0v) is 20.1. The minimum absolute atomic E-state index is 0.0929. The quantitative estimate of drug-likeness (QED) is 0.485. The second-order valence-corrected chi connectivity index (χ2v) is 9.01. The van der Waals surface area contributed by atoms with Crippen LogP contribution in [0.1, 0.15) is 51.7 Å². The number of allylic oxidation sites excluding steroid dienone is 5. The van der Waals surface area contributed by atoms with Gasteiger partial charge in [-0.25, -0.2) is 4.79 Å². The SMILES string of the molecule is CCC(C)C1=CC=CC(C(C)C)=C(NC(=O)N(Cc2ccccc2)c2ccc(C)cc2)C1. The molecule has 0 bridgehead atoms. The first-order chi connectivity index (χ1) is 15.4. The third kappa shape index (κ3) is 6.00. The molecular formula is C29H36N2O. The number of aryl methyl sites for hydroxylation is 1. The van der Waals surface area contributed by atoms with Gasteiger partial charge >= 0.3 is 6.03 Å². The highest BCUT2D eigenvalue weighted by atomic mass is 16.2. The number of hydrogen-bond acceptors (Lipinski definition) is 1.